The Bertz CT molecular complexity index is 552. The summed E-state index contributed by atoms with van der Waals surface area (Å²) in [5.74, 6) is -1.28. The predicted molar refractivity (Wildman–Crippen MR) is 65.4 cm³/mol. The lowest BCUT2D eigenvalue weighted by atomic mass is 10.1. The van der Waals surface area contributed by atoms with Crippen molar-refractivity contribution in [3.8, 4) is 11.8 Å². The molecule has 0 saturated carbocycles. The number of alkyl halides is 3. The lowest BCUT2D eigenvalue weighted by Crippen LogP contribution is -2.18. The Hall–Kier alpha value is -1.88. The number of ether oxygens (including phenoxy) is 2. The van der Waals surface area contributed by atoms with Gasteiger partial charge in [0.1, 0.15) is 17.4 Å². The molecule has 4 nitrogen and oxygen atoms in total. The topological polar surface area (TPSA) is 59.3 Å². The third-order valence-electron chi connectivity index (χ3n) is 2.13. The van der Waals surface area contributed by atoms with Gasteiger partial charge in [-0.15, -0.1) is 25.8 Å². The summed E-state index contributed by atoms with van der Waals surface area (Å²) in [5, 5.41) is 8.82. The van der Waals surface area contributed by atoms with E-state index in [1.54, 1.807) is 13.0 Å². The summed E-state index contributed by atoms with van der Waals surface area (Å²) >= 11 is 3.92. The molecule has 0 spiro atoms. The summed E-state index contributed by atoms with van der Waals surface area (Å²) in [6.45, 7) is 1.77. The van der Waals surface area contributed by atoms with E-state index in [1.807, 2.05) is 0 Å². The molecule has 1 aromatic carbocycles. The number of rotatable bonds is 4. The average molecular weight is 305 g/mol. The third-order valence-corrected chi connectivity index (χ3v) is 2.49. The van der Waals surface area contributed by atoms with Gasteiger partial charge in [-0.05, 0) is 24.6 Å². The maximum Gasteiger partial charge on any atom is 0.573 e. The minimum Gasteiger partial charge on any atom is -0.466 e. The van der Waals surface area contributed by atoms with Crippen molar-refractivity contribution in [2.75, 3.05) is 6.61 Å². The molecule has 108 valence electrons. The highest BCUT2D eigenvalue weighted by molar-refractivity contribution is 7.80. The van der Waals surface area contributed by atoms with Crippen LogP contribution in [0.2, 0.25) is 0 Å². The molecule has 20 heavy (non-hydrogen) atoms. The second-order valence-electron chi connectivity index (χ2n) is 3.63. The maximum absolute atomic E-state index is 12.3. The van der Waals surface area contributed by atoms with Crippen LogP contribution in [-0.4, -0.2) is 18.9 Å². The molecule has 1 aromatic rings. The highest BCUT2D eigenvalue weighted by Crippen LogP contribution is 2.31. The molecule has 1 rings (SSSR count). The van der Waals surface area contributed by atoms with Gasteiger partial charge in [-0.1, -0.05) is 0 Å². The zero-order chi connectivity index (χ0) is 15.3. The van der Waals surface area contributed by atoms with Crippen LogP contribution in [-0.2, 0) is 16.0 Å². The first-order chi connectivity index (χ1) is 9.26. The second kappa shape index (κ2) is 6.52. The molecular formula is C12H10F3NO3S. The maximum atomic E-state index is 12.3. The van der Waals surface area contributed by atoms with E-state index in [-0.39, 0.29) is 29.1 Å². The van der Waals surface area contributed by atoms with Gasteiger partial charge < -0.3 is 9.47 Å². The van der Waals surface area contributed by atoms with Gasteiger partial charge in [-0.3, -0.25) is 4.79 Å². The largest absolute Gasteiger partial charge is 0.573 e. The van der Waals surface area contributed by atoms with Crippen LogP contribution in [0.1, 0.15) is 18.1 Å². The molecular weight excluding hydrogens is 295 g/mol. The van der Waals surface area contributed by atoms with E-state index in [2.05, 4.69) is 17.4 Å². The molecule has 0 saturated heterocycles. The zero-order valence-electron chi connectivity index (χ0n) is 10.3. The van der Waals surface area contributed by atoms with Gasteiger partial charge in [0.05, 0.1) is 13.0 Å². The summed E-state index contributed by atoms with van der Waals surface area (Å²) < 4.78 is 45.2. The predicted octanol–water partition coefficient (Wildman–Crippen LogP) is 2.85. The Morgan fingerprint density at radius 3 is 2.60 bits per heavy atom. The number of benzene rings is 1. The average Bonchev–Trinajstić information content (AvgIpc) is 2.26. The van der Waals surface area contributed by atoms with Crippen LogP contribution in [0, 0.1) is 11.3 Å². The van der Waals surface area contributed by atoms with E-state index < -0.39 is 18.1 Å². The molecule has 0 aromatic heterocycles. The van der Waals surface area contributed by atoms with Crippen molar-refractivity contribution in [1.82, 2.24) is 0 Å². The van der Waals surface area contributed by atoms with Crippen molar-refractivity contribution >= 4 is 18.6 Å². The quantitative estimate of drug-likeness (QED) is 0.686. The van der Waals surface area contributed by atoms with Crippen LogP contribution in [0.3, 0.4) is 0 Å². The fraction of sp³-hybridized carbons (Fsp3) is 0.333. The Balaban J connectivity index is 3.12. The molecule has 0 amide bonds. The number of hydrogen-bond donors (Lipinski definition) is 1. The van der Waals surface area contributed by atoms with Crippen molar-refractivity contribution in [2.45, 2.75) is 24.6 Å². The van der Waals surface area contributed by atoms with Crippen LogP contribution in [0.25, 0.3) is 0 Å². The summed E-state index contributed by atoms with van der Waals surface area (Å²) in [6.07, 6.45) is -5.17. The molecule has 0 aliphatic carbocycles. The van der Waals surface area contributed by atoms with E-state index in [4.69, 9.17) is 10.00 Å². The third kappa shape index (κ3) is 4.66. The van der Waals surface area contributed by atoms with Gasteiger partial charge in [0.15, 0.2) is 0 Å². The van der Waals surface area contributed by atoms with Gasteiger partial charge >= 0.3 is 12.3 Å². The van der Waals surface area contributed by atoms with E-state index >= 15 is 0 Å². The van der Waals surface area contributed by atoms with Crippen molar-refractivity contribution in [1.29, 1.82) is 5.26 Å². The van der Waals surface area contributed by atoms with Gasteiger partial charge in [0.25, 0.3) is 0 Å². The number of esters is 1. The van der Waals surface area contributed by atoms with E-state index in [0.29, 0.717) is 0 Å². The first-order valence-electron chi connectivity index (χ1n) is 5.44. The van der Waals surface area contributed by atoms with Crippen LogP contribution in [0.15, 0.2) is 17.0 Å². The van der Waals surface area contributed by atoms with Crippen molar-refractivity contribution in [3.63, 3.8) is 0 Å². The fourth-order valence-corrected chi connectivity index (χ4v) is 1.78. The molecule has 0 aliphatic heterocycles. The van der Waals surface area contributed by atoms with Gasteiger partial charge in [0.2, 0.25) is 0 Å². The fourth-order valence-electron chi connectivity index (χ4n) is 1.45. The van der Waals surface area contributed by atoms with Crippen LogP contribution >= 0.6 is 12.6 Å². The second-order valence-corrected chi connectivity index (χ2v) is 4.11. The number of halogens is 3. The smallest absolute Gasteiger partial charge is 0.466 e. The highest BCUT2D eigenvalue weighted by atomic mass is 32.1. The molecule has 0 fully saturated rings. The van der Waals surface area contributed by atoms with Crippen LogP contribution in [0.5, 0.6) is 5.75 Å². The molecule has 0 heterocycles. The lowest BCUT2D eigenvalue weighted by Gasteiger charge is -2.13. The monoisotopic (exact) mass is 305 g/mol. The Labute approximate surface area is 118 Å². The van der Waals surface area contributed by atoms with Gasteiger partial charge in [0, 0.05) is 4.90 Å². The zero-order valence-corrected chi connectivity index (χ0v) is 11.2. The number of carbonyl (C=O) groups is 1. The molecule has 0 atom stereocenters. The van der Waals surface area contributed by atoms with E-state index in [0.717, 1.165) is 6.07 Å². The molecule has 0 aliphatic rings. The summed E-state index contributed by atoms with van der Waals surface area (Å²) in [7, 11) is 0. The van der Waals surface area contributed by atoms with Crippen molar-refractivity contribution in [2.24, 2.45) is 0 Å². The standard InChI is InChI=1S/C12H10F3NO3S/c1-2-18-11(17)5-7-3-9(19-12(13,14)15)8(6-16)10(20)4-7/h3-4,20H,2,5H2,1H3. The van der Waals surface area contributed by atoms with Crippen molar-refractivity contribution < 1.29 is 27.4 Å². The van der Waals surface area contributed by atoms with Gasteiger partial charge in [-0.25, -0.2) is 0 Å². The normalized spacial score (nSPS) is 10.8. The SMILES string of the molecule is CCOC(=O)Cc1cc(S)c(C#N)c(OC(F)(F)F)c1. The Kier molecular flexibility index (Phi) is 5.27. The lowest BCUT2D eigenvalue weighted by molar-refractivity contribution is -0.274. The summed E-state index contributed by atoms with van der Waals surface area (Å²) in [6, 6.07) is 3.87. The Morgan fingerprint density at radius 1 is 1.45 bits per heavy atom. The number of hydrogen-bond acceptors (Lipinski definition) is 5. The Morgan fingerprint density at radius 2 is 2.10 bits per heavy atom. The first kappa shape index (κ1) is 16.2. The molecule has 8 heteroatoms. The highest BCUT2D eigenvalue weighted by Gasteiger charge is 2.32. The molecule has 0 radical (unpaired) electrons. The number of nitriles is 1. The van der Waals surface area contributed by atoms with E-state index in [9.17, 15) is 18.0 Å². The number of nitrogens with zero attached hydrogens (tertiary/aromatic N) is 1. The van der Waals surface area contributed by atoms with Gasteiger partial charge in [-0.2, -0.15) is 5.26 Å². The molecule has 0 unspecified atom stereocenters. The van der Waals surface area contributed by atoms with Crippen LogP contribution in [0.4, 0.5) is 13.2 Å². The first-order valence-corrected chi connectivity index (χ1v) is 5.89. The minimum absolute atomic E-state index is 0.00597. The summed E-state index contributed by atoms with van der Waals surface area (Å²) in [5.41, 5.74) is -0.134. The molecule has 0 bridgehead atoms. The molecule has 0 N–H and O–H groups in total. The minimum atomic E-state index is -4.94. The van der Waals surface area contributed by atoms with E-state index in [1.165, 1.54) is 6.07 Å². The van der Waals surface area contributed by atoms with Crippen molar-refractivity contribution in [3.05, 3.63) is 23.3 Å². The number of thiol groups is 1. The number of carbonyl (C=O) groups excluding carboxylic acids is 1. The summed E-state index contributed by atoms with van der Waals surface area (Å²) in [4.78, 5) is 11.3. The van der Waals surface area contributed by atoms with Crippen LogP contribution < -0.4 is 4.74 Å².